The predicted octanol–water partition coefficient (Wildman–Crippen LogP) is 3.08. The van der Waals surface area contributed by atoms with Crippen LogP contribution in [0.25, 0.3) is 0 Å². The van der Waals surface area contributed by atoms with Crippen LogP contribution in [-0.4, -0.2) is 20.8 Å². The van der Waals surface area contributed by atoms with Gasteiger partial charge in [-0.2, -0.15) is 13.2 Å². The highest BCUT2D eigenvalue weighted by Gasteiger charge is 2.44. The molecule has 1 fully saturated rings. The second-order valence-corrected chi connectivity index (χ2v) is 5.48. The molecule has 1 aromatic rings. The Morgan fingerprint density at radius 1 is 1.21 bits per heavy atom. The molecule has 1 aliphatic carbocycles. The number of aromatic nitrogens is 2. The fourth-order valence-electron chi connectivity index (χ4n) is 2.95. The van der Waals surface area contributed by atoms with E-state index in [9.17, 15) is 18.3 Å². The van der Waals surface area contributed by atoms with Crippen LogP contribution in [0.15, 0.2) is 0 Å². The molecule has 0 bridgehead atoms. The molecule has 19 heavy (non-hydrogen) atoms. The molecule has 3 rings (SSSR count). The van der Waals surface area contributed by atoms with E-state index in [0.717, 1.165) is 44.5 Å². The average Bonchev–Trinajstić information content (AvgIpc) is 2.65. The van der Waals surface area contributed by atoms with Gasteiger partial charge >= 0.3 is 6.18 Å². The molecule has 0 radical (unpaired) electrons. The van der Waals surface area contributed by atoms with Crippen molar-refractivity contribution in [1.82, 2.24) is 9.55 Å². The lowest BCUT2D eigenvalue weighted by Gasteiger charge is -2.27. The topological polar surface area (TPSA) is 38.1 Å². The summed E-state index contributed by atoms with van der Waals surface area (Å²) in [4.78, 5) is 4.17. The summed E-state index contributed by atoms with van der Waals surface area (Å²) >= 11 is 0. The Hall–Kier alpha value is -1.04. The number of hydrogen-bond donors (Lipinski definition) is 1. The lowest BCUT2D eigenvalue weighted by Crippen LogP contribution is -2.23. The Labute approximate surface area is 109 Å². The van der Waals surface area contributed by atoms with Gasteiger partial charge < -0.3 is 9.67 Å². The molecule has 1 aromatic heterocycles. The second-order valence-electron chi connectivity index (χ2n) is 5.48. The van der Waals surface area contributed by atoms with Crippen molar-refractivity contribution in [3.63, 3.8) is 0 Å². The normalized spacial score (nSPS) is 21.9. The summed E-state index contributed by atoms with van der Waals surface area (Å²) in [6.45, 7) is 0.735. The number of fused-ring (bicyclic) bond motifs is 1. The molecule has 1 saturated carbocycles. The molecule has 106 valence electrons. The van der Waals surface area contributed by atoms with Gasteiger partial charge in [-0.15, -0.1) is 0 Å². The highest BCUT2D eigenvalue weighted by molar-refractivity contribution is 5.25. The number of imidazole rings is 1. The first-order valence-electron chi connectivity index (χ1n) is 6.82. The van der Waals surface area contributed by atoms with Crippen molar-refractivity contribution in [1.29, 1.82) is 0 Å². The van der Waals surface area contributed by atoms with E-state index < -0.39 is 12.3 Å². The average molecular weight is 274 g/mol. The summed E-state index contributed by atoms with van der Waals surface area (Å²) in [7, 11) is 0. The fourth-order valence-corrected chi connectivity index (χ4v) is 2.95. The van der Waals surface area contributed by atoms with Crippen LogP contribution in [0.2, 0.25) is 0 Å². The number of rotatable bonds is 2. The standard InChI is InChI=1S/C13H17F3N2O/c14-13(15,16)11(19)10-9-6-1-2-7-18(9)12(17-10)8-4-3-5-8/h8,11,19H,1-7H2. The van der Waals surface area contributed by atoms with Gasteiger partial charge in [0, 0.05) is 18.2 Å². The zero-order valence-electron chi connectivity index (χ0n) is 10.6. The molecular formula is C13H17F3N2O. The quantitative estimate of drug-likeness (QED) is 0.900. The Balaban J connectivity index is 2.02. The molecule has 0 amide bonds. The van der Waals surface area contributed by atoms with Crippen LogP contribution in [0.3, 0.4) is 0 Å². The molecule has 1 unspecified atom stereocenters. The van der Waals surface area contributed by atoms with E-state index in [2.05, 4.69) is 4.98 Å². The van der Waals surface area contributed by atoms with Gasteiger partial charge in [0.05, 0.1) is 5.69 Å². The third-order valence-corrected chi connectivity index (χ3v) is 4.22. The van der Waals surface area contributed by atoms with Crippen molar-refractivity contribution in [3.05, 3.63) is 17.2 Å². The predicted molar refractivity (Wildman–Crippen MR) is 62.8 cm³/mol. The second kappa shape index (κ2) is 4.51. The maximum atomic E-state index is 12.7. The minimum Gasteiger partial charge on any atom is -0.378 e. The summed E-state index contributed by atoms with van der Waals surface area (Å²) in [5.74, 6) is 1.05. The molecule has 1 aliphatic heterocycles. The third-order valence-electron chi connectivity index (χ3n) is 4.22. The number of halogens is 3. The van der Waals surface area contributed by atoms with E-state index in [1.54, 1.807) is 0 Å². The van der Waals surface area contributed by atoms with Crippen LogP contribution < -0.4 is 0 Å². The highest BCUT2D eigenvalue weighted by Crippen LogP contribution is 2.41. The highest BCUT2D eigenvalue weighted by atomic mass is 19.4. The van der Waals surface area contributed by atoms with Gasteiger partial charge in [-0.05, 0) is 32.1 Å². The van der Waals surface area contributed by atoms with Gasteiger partial charge in [0.15, 0.2) is 6.10 Å². The van der Waals surface area contributed by atoms with Crippen molar-refractivity contribution in [2.24, 2.45) is 0 Å². The zero-order valence-corrected chi connectivity index (χ0v) is 10.6. The van der Waals surface area contributed by atoms with Crippen LogP contribution in [-0.2, 0) is 13.0 Å². The smallest absolute Gasteiger partial charge is 0.378 e. The molecule has 3 nitrogen and oxygen atoms in total. The van der Waals surface area contributed by atoms with E-state index >= 15 is 0 Å². The third kappa shape index (κ3) is 2.16. The number of alkyl halides is 3. The van der Waals surface area contributed by atoms with Crippen molar-refractivity contribution in [2.45, 2.75) is 63.3 Å². The Morgan fingerprint density at radius 3 is 2.53 bits per heavy atom. The summed E-state index contributed by atoms with van der Waals surface area (Å²) in [5.41, 5.74) is 0.437. The van der Waals surface area contributed by atoms with Gasteiger partial charge in [-0.1, -0.05) is 6.42 Å². The lowest BCUT2D eigenvalue weighted by atomic mass is 9.84. The fraction of sp³-hybridized carbons (Fsp3) is 0.769. The van der Waals surface area contributed by atoms with Crippen LogP contribution in [0, 0.1) is 0 Å². The maximum absolute atomic E-state index is 12.7. The van der Waals surface area contributed by atoms with E-state index in [4.69, 9.17) is 0 Å². The molecule has 6 heteroatoms. The van der Waals surface area contributed by atoms with Crippen molar-refractivity contribution in [2.75, 3.05) is 0 Å². The SMILES string of the molecule is OC(c1nc(C2CCC2)n2c1CCCC2)C(F)(F)F. The summed E-state index contributed by atoms with van der Waals surface area (Å²) in [6.07, 6.45) is -1.54. The number of aliphatic hydroxyl groups excluding tert-OH is 1. The first-order valence-corrected chi connectivity index (χ1v) is 6.82. The van der Waals surface area contributed by atoms with Crippen LogP contribution >= 0.6 is 0 Å². The number of aliphatic hydroxyl groups is 1. The Bertz CT molecular complexity index is 477. The maximum Gasteiger partial charge on any atom is 0.420 e. The van der Waals surface area contributed by atoms with Crippen molar-refractivity contribution in [3.8, 4) is 0 Å². The van der Waals surface area contributed by atoms with E-state index in [1.807, 2.05) is 4.57 Å². The van der Waals surface area contributed by atoms with Gasteiger partial charge in [-0.3, -0.25) is 0 Å². The molecular weight excluding hydrogens is 257 g/mol. The van der Waals surface area contributed by atoms with E-state index in [0.29, 0.717) is 12.1 Å². The minimum absolute atomic E-state index is 0.158. The van der Waals surface area contributed by atoms with Crippen molar-refractivity contribution >= 4 is 0 Å². The van der Waals surface area contributed by atoms with Gasteiger partial charge in [0.2, 0.25) is 0 Å². The van der Waals surface area contributed by atoms with Gasteiger partial charge in [-0.25, -0.2) is 4.98 Å². The molecule has 1 N–H and O–H groups in total. The van der Waals surface area contributed by atoms with E-state index in [1.165, 1.54) is 0 Å². The summed E-state index contributed by atoms with van der Waals surface area (Å²) in [5, 5.41) is 9.50. The lowest BCUT2D eigenvalue weighted by molar-refractivity contribution is -0.208. The van der Waals surface area contributed by atoms with E-state index in [-0.39, 0.29) is 11.6 Å². The Kier molecular flexibility index (Phi) is 3.08. The Morgan fingerprint density at radius 2 is 1.95 bits per heavy atom. The molecule has 2 aliphatic rings. The summed E-state index contributed by atoms with van der Waals surface area (Å²) in [6, 6.07) is 0. The molecule has 0 saturated heterocycles. The first kappa shape index (κ1) is 13.0. The molecule has 2 heterocycles. The summed E-state index contributed by atoms with van der Waals surface area (Å²) < 4.78 is 40.1. The molecule has 0 aromatic carbocycles. The van der Waals surface area contributed by atoms with Crippen LogP contribution in [0.1, 0.15) is 61.3 Å². The van der Waals surface area contributed by atoms with Crippen LogP contribution in [0.5, 0.6) is 0 Å². The van der Waals surface area contributed by atoms with Gasteiger partial charge in [0.25, 0.3) is 0 Å². The first-order chi connectivity index (χ1) is 8.98. The largest absolute Gasteiger partial charge is 0.420 e. The zero-order chi connectivity index (χ0) is 13.6. The van der Waals surface area contributed by atoms with Gasteiger partial charge in [0.1, 0.15) is 5.82 Å². The number of nitrogens with zero attached hydrogens (tertiary/aromatic N) is 2. The minimum atomic E-state index is -4.63. The molecule has 1 atom stereocenters. The number of hydrogen-bond acceptors (Lipinski definition) is 2. The van der Waals surface area contributed by atoms with Crippen LogP contribution in [0.4, 0.5) is 13.2 Å². The van der Waals surface area contributed by atoms with Crippen molar-refractivity contribution < 1.29 is 18.3 Å². The monoisotopic (exact) mass is 274 g/mol. The molecule has 0 spiro atoms.